The van der Waals surface area contributed by atoms with E-state index in [1.54, 1.807) is 21.3 Å². The maximum absolute atomic E-state index is 5.63. The Labute approximate surface area is 148 Å². The van der Waals surface area contributed by atoms with E-state index in [0.29, 0.717) is 0 Å². The van der Waals surface area contributed by atoms with Crippen LogP contribution >= 0.6 is 0 Å². The van der Waals surface area contributed by atoms with Gasteiger partial charge < -0.3 is 14.2 Å². The largest absolute Gasteiger partial charge is 0.496 e. The van der Waals surface area contributed by atoms with E-state index in [-0.39, 0.29) is 5.92 Å². The molecule has 1 radical (unpaired) electrons. The van der Waals surface area contributed by atoms with Crippen molar-refractivity contribution >= 4 is 0 Å². The van der Waals surface area contributed by atoms with Crippen molar-refractivity contribution in [1.82, 2.24) is 0 Å². The molecular formula is C22H21O3. The molecule has 0 bridgehead atoms. The Hall–Kier alpha value is -2.94. The second kappa shape index (κ2) is 7.75. The van der Waals surface area contributed by atoms with Gasteiger partial charge in [0.05, 0.1) is 21.3 Å². The molecule has 3 aromatic rings. The molecule has 0 unspecified atom stereocenters. The number of hydrogen-bond acceptors (Lipinski definition) is 3. The molecule has 0 N–H and O–H groups in total. The molecule has 0 spiro atoms. The second-order valence-electron chi connectivity index (χ2n) is 5.58. The molecule has 0 aromatic heterocycles. The summed E-state index contributed by atoms with van der Waals surface area (Å²) in [6, 6.07) is 24.9. The standard InChI is InChI=1S/C22H21O3/c1-23-19-13-7-4-10-16(19)22(17-11-5-8-14-20(17)24-2)18-12-6-9-15-21(18)25-3/h4-8,10-15,22H,1-3H3. The molecule has 3 heteroatoms. The van der Waals surface area contributed by atoms with Crippen LogP contribution in [0.4, 0.5) is 0 Å². The van der Waals surface area contributed by atoms with Crippen molar-refractivity contribution in [2.75, 3.05) is 21.3 Å². The van der Waals surface area contributed by atoms with Crippen LogP contribution in [-0.4, -0.2) is 21.3 Å². The number of rotatable bonds is 6. The zero-order chi connectivity index (χ0) is 17.6. The van der Waals surface area contributed by atoms with Crippen molar-refractivity contribution in [3.63, 3.8) is 0 Å². The van der Waals surface area contributed by atoms with E-state index in [2.05, 4.69) is 18.2 Å². The van der Waals surface area contributed by atoms with Gasteiger partial charge in [0.25, 0.3) is 0 Å². The Balaban J connectivity index is 2.29. The maximum Gasteiger partial charge on any atom is 0.123 e. The third-order valence-corrected chi connectivity index (χ3v) is 4.29. The highest BCUT2D eigenvalue weighted by Crippen LogP contribution is 2.43. The smallest absolute Gasteiger partial charge is 0.123 e. The first kappa shape index (κ1) is 16.9. The van der Waals surface area contributed by atoms with E-state index in [1.165, 1.54) is 0 Å². The van der Waals surface area contributed by atoms with E-state index < -0.39 is 0 Å². The van der Waals surface area contributed by atoms with E-state index in [0.717, 1.165) is 33.9 Å². The molecule has 0 saturated carbocycles. The third kappa shape index (κ3) is 3.31. The monoisotopic (exact) mass is 333 g/mol. The second-order valence-corrected chi connectivity index (χ2v) is 5.58. The lowest BCUT2D eigenvalue weighted by Crippen LogP contribution is -2.08. The minimum atomic E-state index is -0.0863. The summed E-state index contributed by atoms with van der Waals surface area (Å²) < 4.78 is 16.9. The van der Waals surface area contributed by atoms with Gasteiger partial charge in [0, 0.05) is 22.6 Å². The Bertz CT molecular complexity index is 729. The highest BCUT2D eigenvalue weighted by molar-refractivity contribution is 5.56. The summed E-state index contributed by atoms with van der Waals surface area (Å²) >= 11 is 0. The van der Waals surface area contributed by atoms with Crippen LogP contribution < -0.4 is 14.2 Å². The first-order valence-electron chi connectivity index (χ1n) is 8.10. The Kier molecular flexibility index (Phi) is 5.24. The van der Waals surface area contributed by atoms with Gasteiger partial charge in [-0.3, -0.25) is 0 Å². The van der Waals surface area contributed by atoms with Crippen LogP contribution in [0.3, 0.4) is 0 Å². The zero-order valence-corrected chi connectivity index (χ0v) is 14.7. The van der Waals surface area contributed by atoms with E-state index in [4.69, 9.17) is 14.2 Å². The number of ether oxygens (including phenoxy) is 3. The molecule has 0 amide bonds. The summed E-state index contributed by atoms with van der Waals surface area (Å²) in [5.74, 6) is 2.35. The van der Waals surface area contributed by atoms with Crippen molar-refractivity contribution in [2.45, 2.75) is 5.92 Å². The van der Waals surface area contributed by atoms with Gasteiger partial charge in [-0.25, -0.2) is 0 Å². The normalized spacial score (nSPS) is 10.6. The lowest BCUT2D eigenvalue weighted by Gasteiger charge is -2.24. The maximum atomic E-state index is 5.63. The van der Waals surface area contributed by atoms with Crippen LogP contribution in [0.15, 0.2) is 66.7 Å². The Morgan fingerprint density at radius 2 is 1.12 bits per heavy atom. The summed E-state index contributed by atoms with van der Waals surface area (Å²) in [5, 5.41) is 0. The van der Waals surface area contributed by atoms with Crippen molar-refractivity contribution in [3.8, 4) is 17.2 Å². The quantitative estimate of drug-likeness (QED) is 0.612. The molecule has 3 nitrogen and oxygen atoms in total. The highest BCUT2D eigenvalue weighted by atomic mass is 16.5. The lowest BCUT2D eigenvalue weighted by molar-refractivity contribution is 0.396. The molecule has 0 aliphatic heterocycles. The molecule has 0 heterocycles. The van der Waals surface area contributed by atoms with Crippen LogP contribution in [0.2, 0.25) is 0 Å². The molecule has 0 aliphatic carbocycles. The van der Waals surface area contributed by atoms with E-state index in [1.807, 2.05) is 54.6 Å². The predicted molar refractivity (Wildman–Crippen MR) is 98.8 cm³/mol. The fraction of sp³-hybridized carbons (Fsp3) is 0.182. The SMILES string of the molecule is COc1c[c]ccc1C(c1ccccc1OC)c1ccccc1OC. The molecule has 0 atom stereocenters. The molecule has 25 heavy (non-hydrogen) atoms. The summed E-state index contributed by atoms with van der Waals surface area (Å²) in [6.07, 6.45) is 0. The lowest BCUT2D eigenvalue weighted by atomic mass is 9.83. The van der Waals surface area contributed by atoms with Gasteiger partial charge in [-0.1, -0.05) is 48.5 Å². The van der Waals surface area contributed by atoms with Crippen molar-refractivity contribution in [2.24, 2.45) is 0 Å². The van der Waals surface area contributed by atoms with Gasteiger partial charge >= 0.3 is 0 Å². The minimum Gasteiger partial charge on any atom is -0.496 e. The van der Waals surface area contributed by atoms with Gasteiger partial charge in [0.2, 0.25) is 0 Å². The number of para-hydroxylation sites is 2. The number of benzene rings is 3. The zero-order valence-electron chi connectivity index (χ0n) is 14.7. The summed E-state index contributed by atoms with van der Waals surface area (Å²) in [4.78, 5) is 0. The summed E-state index contributed by atoms with van der Waals surface area (Å²) in [6.45, 7) is 0. The average Bonchev–Trinajstić information content (AvgIpc) is 2.69. The Morgan fingerprint density at radius 3 is 1.64 bits per heavy atom. The van der Waals surface area contributed by atoms with Crippen molar-refractivity contribution in [1.29, 1.82) is 0 Å². The van der Waals surface area contributed by atoms with Crippen LogP contribution in [0, 0.1) is 6.07 Å². The third-order valence-electron chi connectivity index (χ3n) is 4.29. The molecule has 0 saturated heterocycles. The molecule has 0 aliphatic rings. The fourth-order valence-corrected chi connectivity index (χ4v) is 3.15. The Morgan fingerprint density at radius 1 is 0.640 bits per heavy atom. The van der Waals surface area contributed by atoms with Gasteiger partial charge in [-0.05, 0) is 24.3 Å². The topological polar surface area (TPSA) is 27.7 Å². The molecule has 127 valence electrons. The van der Waals surface area contributed by atoms with Gasteiger partial charge in [0.15, 0.2) is 0 Å². The highest BCUT2D eigenvalue weighted by Gasteiger charge is 2.25. The minimum absolute atomic E-state index is 0.0863. The summed E-state index contributed by atoms with van der Waals surface area (Å²) in [7, 11) is 5.05. The van der Waals surface area contributed by atoms with Crippen molar-refractivity contribution in [3.05, 3.63) is 89.5 Å². The van der Waals surface area contributed by atoms with Crippen LogP contribution in [0.5, 0.6) is 17.2 Å². The van der Waals surface area contributed by atoms with Gasteiger partial charge in [-0.15, -0.1) is 0 Å². The summed E-state index contributed by atoms with van der Waals surface area (Å²) in [5.41, 5.74) is 3.15. The van der Waals surface area contributed by atoms with E-state index >= 15 is 0 Å². The van der Waals surface area contributed by atoms with E-state index in [9.17, 15) is 0 Å². The molecule has 3 aromatic carbocycles. The number of hydrogen-bond donors (Lipinski definition) is 0. The van der Waals surface area contributed by atoms with Gasteiger partial charge in [-0.2, -0.15) is 0 Å². The average molecular weight is 333 g/mol. The van der Waals surface area contributed by atoms with Crippen molar-refractivity contribution < 1.29 is 14.2 Å². The fourth-order valence-electron chi connectivity index (χ4n) is 3.15. The van der Waals surface area contributed by atoms with Gasteiger partial charge in [0.1, 0.15) is 17.2 Å². The molecular weight excluding hydrogens is 312 g/mol. The molecule has 3 rings (SSSR count). The first-order chi connectivity index (χ1) is 12.3. The first-order valence-corrected chi connectivity index (χ1v) is 8.10. The molecule has 0 fully saturated rings. The van der Waals surface area contributed by atoms with Crippen LogP contribution in [-0.2, 0) is 0 Å². The predicted octanol–water partition coefficient (Wildman–Crippen LogP) is 4.69. The number of methoxy groups -OCH3 is 3. The van der Waals surface area contributed by atoms with Crippen LogP contribution in [0.25, 0.3) is 0 Å². The van der Waals surface area contributed by atoms with Crippen LogP contribution in [0.1, 0.15) is 22.6 Å².